The lowest BCUT2D eigenvalue weighted by molar-refractivity contribution is -0.122. The van der Waals surface area contributed by atoms with Gasteiger partial charge in [0.1, 0.15) is 5.78 Å². The summed E-state index contributed by atoms with van der Waals surface area (Å²) in [6.07, 6.45) is 9.32. The first-order valence-electron chi connectivity index (χ1n) is 7.75. The quantitative estimate of drug-likeness (QED) is 0.763. The molecule has 0 atom stereocenters. The molecule has 0 amide bonds. The number of Topliss-reactive ketones (excluding diaryl/α,β-unsaturated/α-hetero) is 1. The van der Waals surface area contributed by atoms with E-state index >= 15 is 0 Å². The van der Waals surface area contributed by atoms with Gasteiger partial charge in [-0.3, -0.25) is 4.79 Å². The molecule has 1 aliphatic rings. The molecule has 0 radical (unpaired) electrons. The number of hydrogen-bond donors (Lipinski definition) is 0. The van der Waals surface area contributed by atoms with E-state index < -0.39 is 0 Å². The van der Waals surface area contributed by atoms with Crippen LogP contribution in [0, 0.1) is 19.8 Å². The summed E-state index contributed by atoms with van der Waals surface area (Å²) in [5.74, 6) is 0.784. The Bertz CT molecular complexity index is 425. The van der Waals surface area contributed by atoms with Crippen LogP contribution in [0.2, 0.25) is 0 Å². The molecule has 0 N–H and O–H groups in total. The maximum atomic E-state index is 12.4. The first-order valence-corrected chi connectivity index (χ1v) is 7.75. The van der Waals surface area contributed by atoms with E-state index in [4.69, 9.17) is 0 Å². The number of ketones is 1. The summed E-state index contributed by atoms with van der Waals surface area (Å²) in [5, 5.41) is 0. The molecule has 1 aromatic rings. The zero-order valence-corrected chi connectivity index (χ0v) is 12.4. The van der Waals surface area contributed by atoms with Gasteiger partial charge in [-0.05, 0) is 43.4 Å². The van der Waals surface area contributed by atoms with Gasteiger partial charge in [-0.1, -0.05) is 50.3 Å². The fourth-order valence-corrected chi connectivity index (χ4v) is 3.04. The molecule has 1 aliphatic carbocycles. The molecule has 1 aromatic carbocycles. The second-order valence-electron chi connectivity index (χ2n) is 6.10. The number of aryl methyl sites for hydroxylation is 2. The van der Waals surface area contributed by atoms with E-state index in [-0.39, 0.29) is 0 Å². The third-order valence-corrected chi connectivity index (χ3v) is 4.51. The monoisotopic (exact) mass is 258 g/mol. The molecule has 1 fully saturated rings. The fourth-order valence-electron chi connectivity index (χ4n) is 3.04. The van der Waals surface area contributed by atoms with Gasteiger partial charge in [-0.15, -0.1) is 0 Å². The molecule has 0 aromatic heterocycles. The zero-order valence-electron chi connectivity index (χ0n) is 12.4. The lowest BCUT2D eigenvalue weighted by Crippen LogP contribution is -2.18. The van der Waals surface area contributed by atoms with Gasteiger partial charge < -0.3 is 0 Å². The third kappa shape index (κ3) is 4.19. The van der Waals surface area contributed by atoms with E-state index in [1.165, 1.54) is 48.8 Å². The van der Waals surface area contributed by atoms with Crippen LogP contribution in [0.5, 0.6) is 0 Å². The van der Waals surface area contributed by atoms with E-state index in [1.54, 1.807) is 0 Å². The summed E-state index contributed by atoms with van der Waals surface area (Å²) < 4.78 is 0. The molecule has 0 saturated heterocycles. The smallest absolute Gasteiger partial charge is 0.140 e. The lowest BCUT2D eigenvalue weighted by Gasteiger charge is -2.18. The van der Waals surface area contributed by atoms with E-state index in [0.29, 0.717) is 18.1 Å². The highest BCUT2D eigenvalue weighted by Gasteiger charge is 2.19. The van der Waals surface area contributed by atoms with Crippen LogP contribution in [-0.2, 0) is 11.2 Å². The molecule has 0 unspecified atom stereocenters. The predicted octanol–water partition coefficient (Wildman–Crippen LogP) is 4.78. The van der Waals surface area contributed by atoms with Crippen LogP contribution in [0.25, 0.3) is 0 Å². The maximum absolute atomic E-state index is 12.4. The Kier molecular flexibility index (Phi) is 5.18. The van der Waals surface area contributed by atoms with Gasteiger partial charge in [0.25, 0.3) is 0 Å². The van der Waals surface area contributed by atoms with Crippen LogP contribution in [-0.4, -0.2) is 5.78 Å². The molecule has 1 heteroatoms. The fraction of sp³-hybridized carbons (Fsp3) is 0.611. The molecule has 0 aliphatic heterocycles. The Morgan fingerprint density at radius 2 is 1.63 bits per heavy atom. The van der Waals surface area contributed by atoms with Gasteiger partial charge in [-0.25, -0.2) is 0 Å². The van der Waals surface area contributed by atoms with E-state index in [9.17, 15) is 4.79 Å². The van der Waals surface area contributed by atoms with Crippen molar-refractivity contribution >= 4 is 5.78 Å². The molecule has 0 spiro atoms. The van der Waals surface area contributed by atoms with Crippen molar-refractivity contribution in [1.82, 2.24) is 0 Å². The van der Waals surface area contributed by atoms with Crippen molar-refractivity contribution in [3.05, 3.63) is 34.9 Å². The summed E-state index contributed by atoms with van der Waals surface area (Å²) >= 11 is 0. The first-order chi connectivity index (χ1) is 9.16. The molecule has 1 saturated carbocycles. The van der Waals surface area contributed by atoms with Gasteiger partial charge in [0.05, 0.1) is 0 Å². The first kappa shape index (κ1) is 14.3. The second kappa shape index (κ2) is 6.88. The Morgan fingerprint density at radius 3 is 2.26 bits per heavy atom. The summed E-state index contributed by atoms with van der Waals surface area (Å²) in [5.41, 5.74) is 3.79. The molecule has 19 heavy (non-hydrogen) atoms. The highest BCUT2D eigenvalue weighted by molar-refractivity contribution is 5.83. The highest BCUT2D eigenvalue weighted by atomic mass is 16.1. The van der Waals surface area contributed by atoms with Gasteiger partial charge in [0.2, 0.25) is 0 Å². The summed E-state index contributed by atoms with van der Waals surface area (Å²) in [6.45, 7) is 4.24. The molecule has 0 bridgehead atoms. The molecule has 0 heterocycles. The van der Waals surface area contributed by atoms with Gasteiger partial charge in [-0.2, -0.15) is 0 Å². The third-order valence-electron chi connectivity index (χ3n) is 4.51. The minimum absolute atomic E-state index is 0.321. The minimum Gasteiger partial charge on any atom is -0.299 e. The Labute approximate surface area is 117 Å². The van der Waals surface area contributed by atoms with Crippen LogP contribution >= 0.6 is 0 Å². The predicted molar refractivity (Wildman–Crippen MR) is 80.4 cm³/mol. The Balaban J connectivity index is 1.96. The largest absolute Gasteiger partial charge is 0.299 e. The molecule has 2 rings (SSSR count). The average molecular weight is 258 g/mol. The highest BCUT2D eigenvalue weighted by Crippen LogP contribution is 2.24. The van der Waals surface area contributed by atoms with Gasteiger partial charge in [0, 0.05) is 12.3 Å². The van der Waals surface area contributed by atoms with Crippen LogP contribution in [0.1, 0.15) is 61.6 Å². The zero-order chi connectivity index (χ0) is 13.7. The van der Waals surface area contributed by atoms with Crippen molar-refractivity contribution in [2.24, 2.45) is 5.92 Å². The normalized spacial score (nSPS) is 17.8. The van der Waals surface area contributed by atoms with Crippen LogP contribution < -0.4 is 0 Å². The van der Waals surface area contributed by atoms with Crippen molar-refractivity contribution in [2.75, 3.05) is 0 Å². The Hall–Kier alpha value is -1.11. The van der Waals surface area contributed by atoms with Crippen molar-refractivity contribution in [2.45, 2.75) is 65.2 Å². The van der Waals surface area contributed by atoms with Crippen LogP contribution in [0.4, 0.5) is 0 Å². The molecule has 1 nitrogen and oxygen atoms in total. The number of rotatable bonds is 3. The van der Waals surface area contributed by atoms with Crippen molar-refractivity contribution in [1.29, 1.82) is 0 Å². The van der Waals surface area contributed by atoms with E-state index in [2.05, 4.69) is 32.0 Å². The summed E-state index contributed by atoms with van der Waals surface area (Å²) in [6, 6.07) is 6.43. The summed E-state index contributed by atoms with van der Waals surface area (Å²) in [4.78, 5) is 12.4. The van der Waals surface area contributed by atoms with E-state index in [1.807, 2.05) is 0 Å². The number of carbonyl (C=O) groups is 1. The maximum Gasteiger partial charge on any atom is 0.140 e. The number of carbonyl (C=O) groups excluding carboxylic acids is 1. The molecular weight excluding hydrogens is 232 g/mol. The van der Waals surface area contributed by atoms with Crippen LogP contribution in [0.3, 0.4) is 0 Å². The van der Waals surface area contributed by atoms with Crippen molar-refractivity contribution < 1.29 is 4.79 Å². The second-order valence-corrected chi connectivity index (χ2v) is 6.10. The minimum atomic E-state index is 0.321. The number of hydrogen-bond acceptors (Lipinski definition) is 1. The summed E-state index contributed by atoms with van der Waals surface area (Å²) in [7, 11) is 0. The van der Waals surface area contributed by atoms with Crippen LogP contribution in [0.15, 0.2) is 18.2 Å². The van der Waals surface area contributed by atoms with Gasteiger partial charge in [0.15, 0.2) is 0 Å². The number of benzene rings is 1. The van der Waals surface area contributed by atoms with Crippen molar-refractivity contribution in [3.8, 4) is 0 Å². The molecular formula is C18H26O. The van der Waals surface area contributed by atoms with E-state index in [0.717, 1.165) is 12.8 Å². The Morgan fingerprint density at radius 1 is 1.00 bits per heavy atom. The topological polar surface area (TPSA) is 17.1 Å². The molecule has 104 valence electrons. The van der Waals surface area contributed by atoms with Gasteiger partial charge >= 0.3 is 0 Å². The SMILES string of the molecule is Cc1ccc(CC(=O)C2CCCCCCC2)cc1C. The average Bonchev–Trinajstić information content (AvgIpc) is 2.33. The lowest BCUT2D eigenvalue weighted by atomic mass is 9.86. The van der Waals surface area contributed by atoms with Crippen molar-refractivity contribution in [3.63, 3.8) is 0 Å². The standard InChI is InChI=1S/C18H26O/c1-14-10-11-16(12-15(14)2)13-18(19)17-8-6-4-3-5-7-9-17/h10-12,17H,3-9,13H2,1-2H3.